The van der Waals surface area contributed by atoms with Crippen LogP contribution in [-0.2, 0) is 0 Å². The predicted octanol–water partition coefficient (Wildman–Crippen LogP) is 6.35. The Morgan fingerprint density at radius 1 is 0.652 bits per heavy atom. The van der Waals surface area contributed by atoms with E-state index in [2.05, 4.69) is 43.0 Å². The summed E-state index contributed by atoms with van der Waals surface area (Å²) in [5.74, 6) is 1.68. The molecule has 0 aliphatic carbocycles. The molecule has 0 saturated heterocycles. The Morgan fingerprint density at radius 2 is 1.22 bits per heavy atom. The van der Waals surface area contributed by atoms with Crippen molar-refractivity contribution in [1.82, 2.24) is 0 Å². The first-order chi connectivity index (χ1) is 11.3. The number of hydrogen-bond donors (Lipinski definition) is 0. The van der Waals surface area contributed by atoms with Crippen LogP contribution in [0.5, 0.6) is 11.5 Å². The van der Waals surface area contributed by atoms with Crippen molar-refractivity contribution in [3.05, 3.63) is 103 Å². The van der Waals surface area contributed by atoms with Crippen molar-refractivity contribution in [3.63, 3.8) is 0 Å². The molecule has 112 valence electrons. The van der Waals surface area contributed by atoms with Gasteiger partial charge in [0.25, 0.3) is 0 Å². The van der Waals surface area contributed by atoms with E-state index < -0.39 is 0 Å². The number of para-hydroxylation sites is 1. The zero-order valence-electron chi connectivity index (χ0n) is 12.9. The quantitative estimate of drug-likeness (QED) is 0.499. The van der Waals surface area contributed by atoms with Crippen molar-refractivity contribution < 1.29 is 4.74 Å². The van der Waals surface area contributed by atoms with E-state index in [0.717, 1.165) is 17.1 Å². The highest BCUT2D eigenvalue weighted by molar-refractivity contribution is 5.66. The van der Waals surface area contributed by atoms with Gasteiger partial charge in [0.2, 0.25) is 0 Å². The zero-order valence-corrected chi connectivity index (χ0v) is 12.9. The first-order valence-corrected chi connectivity index (χ1v) is 7.58. The standard InChI is InChI=1S/C22H18O/c1-2-3-7-18-10-12-19(13-11-18)20-14-16-22(17-15-20)23-21-8-5-4-6-9-21/h2-17H,1H2/b7-3+. The molecule has 1 heteroatoms. The highest BCUT2D eigenvalue weighted by Crippen LogP contribution is 2.26. The summed E-state index contributed by atoms with van der Waals surface area (Å²) in [7, 11) is 0. The van der Waals surface area contributed by atoms with Crippen molar-refractivity contribution in [2.45, 2.75) is 0 Å². The van der Waals surface area contributed by atoms with Gasteiger partial charge in [-0.05, 0) is 41.0 Å². The van der Waals surface area contributed by atoms with Crippen LogP contribution >= 0.6 is 0 Å². The molecule has 0 fully saturated rings. The molecule has 0 saturated carbocycles. The lowest BCUT2D eigenvalue weighted by Crippen LogP contribution is -1.84. The van der Waals surface area contributed by atoms with Crippen molar-refractivity contribution >= 4 is 6.08 Å². The molecule has 0 aliphatic heterocycles. The topological polar surface area (TPSA) is 9.23 Å². The van der Waals surface area contributed by atoms with Gasteiger partial charge in [-0.1, -0.05) is 79.4 Å². The summed E-state index contributed by atoms with van der Waals surface area (Å²) in [6, 6.07) is 26.4. The molecule has 1 nitrogen and oxygen atoms in total. The Kier molecular flexibility index (Phi) is 4.70. The molecule has 0 unspecified atom stereocenters. The van der Waals surface area contributed by atoms with Crippen molar-refractivity contribution in [2.75, 3.05) is 0 Å². The number of allylic oxidation sites excluding steroid dienone is 2. The summed E-state index contributed by atoms with van der Waals surface area (Å²) in [5.41, 5.74) is 3.52. The second-order valence-electron chi connectivity index (χ2n) is 5.16. The van der Waals surface area contributed by atoms with E-state index in [4.69, 9.17) is 4.74 Å². The maximum atomic E-state index is 5.81. The number of hydrogen-bond acceptors (Lipinski definition) is 1. The summed E-state index contributed by atoms with van der Waals surface area (Å²) in [4.78, 5) is 0. The van der Waals surface area contributed by atoms with E-state index in [1.807, 2.05) is 54.6 Å². The van der Waals surface area contributed by atoms with Gasteiger partial charge in [-0.25, -0.2) is 0 Å². The summed E-state index contributed by atoms with van der Waals surface area (Å²) in [6.07, 6.45) is 5.75. The van der Waals surface area contributed by atoms with Crippen LogP contribution in [0, 0.1) is 0 Å². The molecule has 0 heterocycles. The van der Waals surface area contributed by atoms with Gasteiger partial charge >= 0.3 is 0 Å². The van der Waals surface area contributed by atoms with E-state index >= 15 is 0 Å². The van der Waals surface area contributed by atoms with E-state index in [1.165, 1.54) is 11.1 Å². The van der Waals surface area contributed by atoms with Crippen molar-refractivity contribution in [1.29, 1.82) is 0 Å². The van der Waals surface area contributed by atoms with Crippen LogP contribution in [0.3, 0.4) is 0 Å². The SMILES string of the molecule is C=C/C=C/c1ccc(-c2ccc(Oc3ccccc3)cc2)cc1. The van der Waals surface area contributed by atoms with Crippen LogP contribution in [0.2, 0.25) is 0 Å². The van der Waals surface area contributed by atoms with E-state index in [0.29, 0.717) is 0 Å². The molecule has 0 spiro atoms. The fourth-order valence-corrected chi connectivity index (χ4v) is 2.31. The molecule has 0 bridgehead atoms. The minimum Gasteiger partial charge on any atom is -0.457 e. The second kappa shape index (κ2) is 7.28. The second-order valence-corrected chi connectivity index (χ2v) is 5.16. The average Bonchev–Trinajstić information content (AvgIpc) is 2.62. The van der Waals surface area contributed by atoms with Crippen LogP contribution in [0.4, 0.5) is 0 Å². The molecule has 0 N–H and O–H groups in total. The van der Waals surface area contributed by atoms with Gasteiger partial charge in [0.15, 0.2) is 0 Å². The van der Waals surface area contributed by atoms with Crippen LogP contribution in [0.15, 0.2) is 97.6 Å². The Hall–Kier alpha value is -3.06. The van der Waals surface area contributed by atoms with Gasteiger partial charge in [-0.15, -0.1) is 0 Å². The summed E-state index contributed by atoms with van der Waals surface area (Å²) < 4.78 is 5.81. The first-order valence-electron chi connectivity index (χ1n) is 7.58. The summed E-state index contributed by atoms with van der Waals surface area (Å²) >= 11 is 0. The van der Waals surface area contributed by atoms with E-state index in [1.54, 1.807) is 6.08 Å². The molecule has 3 aromatic rings. The van der Waals surface area contributed by atoms with Crippen molar-refractivity contribution in [2.24, 2.45) is 0 Å². The smallest absolute Gasteiger partial charge is 0.127 e. The van der Waals surface area contributed by atoms with Gasteiger partial charge in [0, 0.05) is 0 Å². The molecule has 0 amide bonds. The van der Waals surface area contributed by atoms with Crippen LogP contribution in [0.1, 0.15) is 5.56 Å². The lowest BCUT2D eigenvalue weighted by Gasteiger charge is -2.07. The predicted molar refractivity (Wildman–Crippen MR) is 97.6 cm³/mol. The monoisotopic (exact) mass is 298 g/mol. The third-order valence-electron chi connectivity index (χ3n) is 3.50. The number of ether oxygens (including phenoxy) is 1. The normalized spacial score (nSPS) is 10.6. The van der Waals surface area contributed by atoms with Crippen LogP contribution in [-0.4, -0.2) is 0 Å². The lowest BCUT2D eigenvalue weighted by atomic mass is 10.0. The minimum atomic E-state index is 0.838. The van der Waals surface area contributed by atoms with Gasteiger partial charge in [-0.3, -0.25) is 0 Å². The Bertz CT molecular complexity index is 782. The Labute approximate surface area is 137 Å². The van der Waals surface area contributed by atoms with Crippen LogP contribution < -0.4 is 4.74 Å². The summed E-state index contributed by atoms with van der Waals surface area (Å²) in [6.45, 7) is 3.68. The summed E-state index contributed by atoms with van der Waals surface area (Å²) in [5, 5.41) is 0. The van der Waals surface area contributed by atoms with Gasteiger partial charge in [-0.2, -0.15) is 0 Å². The number of benzene rings is 3. The fraction of sp³-hybridized carbons (Fsp3) is 0. The fourth-order valence-electron chi connectivity index (χ4n) is 2.31. The molecule has 0 aromatic heterocycles. The molecule has 3 rings (SSSR count). The maximum Gasteiger partial charge on any atom is 0.127 e. The molecule has 3 aromatic carbocycles. The molecule has 0 radical (unpaired) electrons. The highest BCUT2D eigenvalue weighted by Gasteiger charge is 2.00. The van der Waals surface area contributed by atoms with E-state index in [9.17, 15) is 0 Å². The zero-order chi connectivity index (χ0) is 15.9. The number of rotatable bonds is 5. The molecule has 0 aliphatic rings. The Morgan fingerprint density at radius 3 is 1.83 bits per heavy atom. The third kappa shape index (κ3) is 3.98. The minimum absolute atomic E-state index is 0.838. The van der Waals surface area contributed by atoms with Gasteiger partial charge < -0.3 is 4.74 Å². The largest absolute Gasteiger partial charge is 0.457 e. The average molecular weight is 298 g/mol. The molecule has 23 heavy (non-hydrogen) atoms. The van der Waals surface area contributed by atoms with E-state index in [-0.39, 0.29) is 0 Å². The maximum absolute atomic E-state index is 5.81. The molecule has 0 atom stereocenters. The van der Waals surface area contributed by atoms with Gasteiger partial charge in [0.05, 0.1) is 0 Å². The lowest BCUT2D eigenvalue weighted by molar-refractivity contribution is 0.483. The van der Waals surface area contributed by atoms with Gasteiger partial charge in [0.1, 0.15) is 11.5 Å². The molecular weight excluding hydrogens is 280 g/mol. The molecular formula is C22H18O. The first kappa shape index (κ1) is 14.9. The van der Waals surface area contributed by atoms with Crippen LogP contribution in [0.25, 0.3) is 17.2 Å². The van der Waals surface area contributed by atoms with Crippen molar-refractivity contribution in [3.8, 4) is 22.6 Å². The third-order valence-corrected chi connectivity index (χ3v) is 3.50. The Balaban J connectivity index is 1.74. The highest BCUT2D eigenvalue weighted by atomic mass is 16.5.